The van der Waals surface area contributed by atoms with E-state index in [0.29, 0.717) is 18.0 Å². The van der Waals surface area contributed by atoms with Gasteiger partial charge in [0.05, 0.1) is 6.54 Å². The van der Waals surface area contributed by atoms with Crippen LogP contribution in [0.2, 0.25) is 0 Å². The van der Waals surface area contributed by atoms with Gasteiger partial charge in [-0.1, -0.05) is 26.5 Å². The maximum Gasteiger partial charge on any atom is 0.243 e. The van der Waals surface area contributed by atoms with Crippen LogP contribution in [0.4, 0.5) is 17.1 Å². The highest BCUT2D eigenvalue weighted by Gasteiger charge is 2.07. The molecule has 0 unspecified atom stereocenters. The van der Waals surface area contributed by atoms with Crippen LogP contribution in [0.25, 0.3) is 0 Å². The molecule has 27 heavy (non-hydrogen) atoms. The topological polar surface area (TPSA) is 79.5 Å². The lowest BCUT2D eigenvalue weighted by Gasteiger charge is -2.10. The summed E-state index contributed by atoms with van der Waals surface area (Å²) in [5.74, 6) is 0.450. The molecule has 2 aromatic rings. The van der Waals surface area contributed by atoms with Crippen molar-refractivity contribution in [1.29, 1.82) is 0 Å². The van der Waals surface area contributed by atoms with Crippen molar-refractivity contribution in [3.63, 3.8) is 0 Å². The van der Waals surface area contributed by atoms with Crippen molar-refractivity contribution in [3.8, 4) is 5.75 Å². The van der Waals surface area contributed by atoms with Gasteiger partial charge in [0.1, 0.15) is 12.4 Å². The largest absolute Gasteiger partial charge is 0.490 e. The van der Waals surface area contributed by atoms with Gasteiger partial charge in [-0.3, -0.25) is 9.59 Å². The Bertz CT molecular complexity index is 768. The summed E-state index contributed by atoms with van der Waals surface area (Å²) >= 11 is 0. The van der Waals surface area contributed by atoms with Crippen LogP contribution in [0.5, 0.6) is 5.75 Å². The van der Waals surface area contributed by atoms with Crippen molar-refractivity contribution in [3.05, 3.63) is 61.2 Å². The summed E-state index contributed by atoms with van der Waals surface area (Å²) in [4.78, 5) is 23.7. The van der Waals surface area contributed by atoms with E-state index in [-0.39, 0.29) is 24.3 Å². The lowest BCUT2D eigenvalue weighted by Crippen LogP contribution is -2.21. The number of carbonyl (C=O) groups excluding carboxylic acids is 2. The average Bonchev–Trinajstić information content (AvgIpc) is 2.67. The van der Waals surface area contributed by atoms with Gasteiger partial charge in [0.25, 0.3) is 0 Å². The van der Waals surface area contributed by atoms with Gasteiger partial charge in [0.15, 0.2) is 0 Å². The van der Waals surface area contributed by atoms with E-state index in [1.165, 1.54) is 0 Å². The smallest absolute Gasteiger partial charge is 0.243 e. The first kappa shape index (κ1) is 20.0. The highest BCUT2D eigenvalue weighted by Crippen LogP contribution is 2.16. The number of benzene rings is 2. The Labute approximate surface area is 159 Å². The molecule has 0 saturated carbocycles. The summed E-state index contributed by atoms with van der Waals surface area (Å²) in [6.45, 7) is 7.86. The summed E-state index contributed by atoms with van der Waals surface area (Å²) in [6, 6.07) is 14.4. The van der Waals surface area contributed by atoms with Gasteiger partial charge in [-0.05, 0) is 48.5 Å². The van der Waals surface area contributed by atoms with Gasteiger partial charge in [-0.25, -0.2) is 0 Å². The molecule has 0 spiro atoms. The maximum absolute atomic E-state index is 12.1. The monoisotopic (exact) mass is 367 g/mol. The first-order valence-electron chi connectivity index (χ1n) is 8.76. The molecule has 2 rings (SSSR count). The second kappa shape index (κ2) is 10.0. The van der Waals surface area contributed by atoms with Gasteiger partial charge in [-0.2, -0.15) is 0 Å². The van der Waals surface area contributed by atoms with E-state index in [0.717, 1.165) is 11.4 Å². The molecule has 0 aromatic heterocycles. The van der Waals surface area contributed by atoms with Crippen LogP contribution in [-0.2, 0) is 9.59 Å². The van der Waals surface area contributed by atoms with Gasteiger partial charge < -0.3 is 20.7 Å². The minimum absolute atomic E-state index is 0.0445. The molecule has 0 heterocycles. The van der Waals surface area contributed by atoms with E-state index >= 15 is 0 Å². The number of rotatable bonds is 9. The third-order valence-corrected chi connectivity index (χ3v) is 3.64. The van der Waals surface area contributed by atoms with E-state index in [4.69, 9.17) is 4.74 Å². The van der Waals surface area contributed by atoms with Crippen LogP contribution >= 0.6 is 0 Å². The third-order valence-electron chi connectivity index (χ3n) is 3.64. The minimum atomic E-state index is -0.166. The first-order chi connectivity index (χ1) is 13.0. The molecule has 0 atom stereocenters. The summed E-state index contributed by atoms with van der Waals surface area (Å²) in [5.41, 5.74) is 2.18. The van der Waals surface area contributed by atoms with Gasteiger partial charge in [0, 0.05) is 23.0 Å². The predicted octanol–water partition coefficient (Wildman–Crippen LogP) is 3.90. The SMILES string of the molecule is C=CCOc1ccc(NCC(=O)Nc2ccc(NC(=O)C(C)C)cc2)cc1. The molecule has 0 aliphatic rings. The molecule has 2 aromatic carbocycles. The Morgan fingerprint density at radius 2 is 1.52 bits per heavy atom. The number of anilines is 3. The van der Waals surface area contributed by atoms with Crippen LogP contribution in [0.3, 0.4) is 0 Å². The van der Waals surface area contributed by atoms with E-state index in [1.807, 2.05) is 38.1 Å². The fraction of sp³-hybridized carbons (Fsp3) is 0.238. The summed E-state index contributed by atoms with van der Waals surface area (Å²) in [5, 5.41) is 8.66. The number of hydrogen-bond donors (Lipinski definition) is 3. The van der Waals surface area contributed by atoms with E-state index < -0.39 is 0 Å². The van der Waals surface area contributed by atoms with E-state index in [2.05, 4.69) is 22.5 Å². The second-order valence-electron chi connectivity index (χ2n) is 6.25. The lowest BCUT2D eigenvalue weighted by atomic mass is 10.2. The van der Waals surface area contributed by atoms with Crippen molar-refractivity contribution >= 4 is 28.9 Å². The van der Waals surface area contributed by atoms with Gasteiger partial charge in [0.2, 0.25) is 11.8 Å². The zero-order valence-electron chi connectivity index (χ0n) is 15.6. The standard InChI is InChI=1S/C21H25N3O3/c1-4-13-27-19-11-9-16(10-12-19)22-14-20(25)23-17-5-7-18(8-6-17)24-21(26)15(2)3/h4-12,15,22H,1,13-14H2,2-3H3,(H,23,25)(H,24,26). The normalized spacial score (nSPS) is 10.2. The molecule has 3 N–H and O–H groups in total. The number of carbonyl (C=O) groups is 2. The zero-order valence-corrected chi connectivity index (χ0v) is 15.6. The van der Waals surface area contributed by atoms with Crippen LogP contribution in [-0.4, -0.2) is 25.0 Å². The molecule has 6 heteroatoms. The zero-order chi connectivity index (χ0) is 19.6. The van der Waals surface area contributed by atoms with Crippen LogP contribution in [0.15, 0.2) is 61.2 Å². The quantitative estimate of drug-likeness (QED) is 0.587. The van der Waals surface area contributed by atoms with Crippen LogP contribution in [0, 0.1) is 5.92 Å². The van der Waals surface area contributed by atoms with Crippen molar-refractivity contribution in [2.24, 2.45) is 5.92 Å². The van der Waals surface area contributed by atoms with Gasteiger partial charge >= 0.3 is 0 Å². The molecular weight excluding hydrogens is 342 g/mol. The van der Waals surface area contributed by atoms with E-state index in [9.17, 15) is 9.59 Å². The summed E-state index contributed by atoms with van der Waals surface area (Å²) < 4.78 is 5.41. The van der Waals surface area contributed by atoms with Crippen LogP contribution < -0.4 is 20.7 Å². The molecule has 0 radical (unpaired) electrons. The van der Waals surface area contributed by atoms with Crippen molar-refractivity contribution < 1.29 is 14.3 Å². The Balaban J connectivity index is 1.79. The maximum atomic E-state index is 12.1. The fourth-order valence-electron chi connectivity index (χ4n) is 2.14. The van der Waals surface area contributed by atoms with Crippen molar-refractivity contribution in [2.75, 3.05) is 29.1 Å². The fourth-order valence-corrected chi connectivity index (χ4v) is 2.14. The Morgan fingerprint density at radius 1 is 0.963 bits per heavy atom. The lowest BCUT2D eigenvalue weighted by molar-refractivity contribution is -0.119. The molecule has 0 fully saturated rings. The Hall–Kier alpha value is -3.28. The van der Waals surface area contributed by atoms with E-state index in [1.54, 1.807) is 30.3 Å². The van der Waals surface area contributed by atoms with Crippen molar-refractivity contribution in [1.82, 2.24) is 0 Å². The number of ether oxygens (including phenoxy) is 1. The molecule has 0 aliphatic carbocycles. The summed E-state index contributed by atoms with van der Waals surface area (Å²) in [6.07, 6.45) is 1.68. The Morgan fingerprint density at radius 3 is 2.07 bits per heavy atom. The second-order valence-corrected chi connectivity index (χ2v) is 6.25. The molecule has 142 valence electrons. The van der Waals surface area contributed by atoms with Crippen LogP contribution in [0.1, 0.15) is 13.8 Å². The molecule has 6 nitrogen and oxygen atoms in total. The number of hydrogen-bond acceptors (Lipinski definition) is 4. The molecule has 0 aliphatic heterocycles. The average molecular weight is 367 g/mol. The molecule has 0 saturated heterocycles. The minimum Gasteiger partial charge on any atom is -0.490 e. The summed E-state index contributed by atoms with van der Waals surface area (Å²) in [7, 11) is 0. The van der Waals surface area contributed by atoms with Gasteiger partial charge in [-0.15, -0.1) is 0 Å². The van der Waals surface area contributed by atoms with Crippen molar-refractivity contribution in [2.45, 2.75) is 13.8 Å². The molecule has 0 bridgehead atoms. The third kappa shape index (κ3) is 6.86. The Kier molecular flexibility index (Phi) is 7.43. The highest BCUT2D eigenvalue weighted by molar-refractivity contribution is 5.95. The predicted molar refractivity (Wildman–Crippen MR) is 109 cm³/mol. The number of nitrogens with one attached hydrogen (secondary N) is 3. The number of amides is 2. The first-order valence-corrected chi connectivity index (χ1v) is 8.76. The molecule has 2 amide bonds. The highest BCUT2D eigenvalue weighted by atomic mass is 16.5. The molecular formula is C21H25N3O3.